The van der Waals surface area contributed by atoms with E-state index in [1.165, 1.54) is 4.90 Å². The molecule has 1 saturated heterocycles. The van der Waals surface area contributed by atoms with Gasteiger partial charge in [-0.05, 0) is 38.5 Å². The Labute approximate surface area is 119 Å². The van der Waals surface area contributed by atoms with Gasteiger partial charge in [0.2, 0.25) is 5.91 Å². The summed E-state index contributed by atoms with van der Waals surface area (Å²) >= 11 is 0. The molecule has 0 aromatic heterocycles. The second-order valence-corrected chi connectivity index (χ2v) is 8.66. The third-order valence-corrected chi connectivity index (χ3v) is 6.39. The van der Waals surface area contributed by atoms with E-state index >= 15 is 0 Å². The molecule has 6 nitrogen and oxygen atoms in total. The van der Waals surface area contributed by atoms with E-state index in [-0.39, 0.29) is 12.5 Å². The van der Waals surface area contributed by atoms with Gasteiger partial charge in [-0.25, -0.2) is 8.42 Å². The van der Waals surface area contributed by atoms with E-state index in [1.54, 1.807) is 13.8 Å². The summed E-state index contributed by atoms with van der Waals surface area (Å²) in [6.45, 7) is 3.61. The molecule has 0 spiro atoms. The third kappa shape index (κ3) is 3.13. The summed E-state index contributed by atoms with van der Waals surface area (Å²) < 4.78 is 23.6. The van der Waals surface area contributed by atoms with Gasteiger partial charge in [-0.1, -0.05) is 0 Å². The first-order chi connectivity index (χ1) is 9.22. The van der Waals surface area contributed by atoms with Crippen LogP contribution in [-0.4, -0.2) is 54.4 Å². The van der Waals surface area contributed by atoms with Gasteiger partial charge in [0.1, 0.15) is 5.75 Å². The summed E-state index contributed by atoms with van der Waals surface area (Å²) in [4.78, 5) is 24.7. The number of rotatable bonds is 5. The average Bonchev–Trinajstić information content (AvgIpc) is 3.06. The Morgan fingerprint density at radius 3 is 2.30 bits per heavy atom. The van der Waals surface area contributed by atoms with Crippen molar-refractivity contribution in [1.29, 1.82) is 0 Å². The van der Waals surface area contributed by atoms with Crippen molar-refractivity contribution < 1.29 is 23.1 Å². The van der Waals surface area contributed by atoms with Gasteiger partial charge < -0.3 is 10.0 Å². The molecule has 0 bridgehead atoms. The smallest absolute Gasteiger partial charge is 0.308 e. The Balaban J connectivity index is 2.03. The second kappa shape index (κ2) is 5.35. The fraction of sp³-hybridized carbons (Fsp3) is 0.846. The number of hydrogen-bond donors (Lipinski definition) is 1. The quantitative estimate of drug-likeness (QED) is 0.792. The number of carbonyl (C=O) groups excluding carboxylic acids is 1. The molecule has 0 aromatic carbocycles. The molecule has 114 valence electrons. The van der Waals surface area contributed by atoms with Crippen molar-refractivity contribution in [2.45, 2.75) is 31.9 Å². The molecule has 2 fully saturated rings. The lowest BCUT2D eigenvalue weighted by molar-refractivity contribution is -0.142. The number of amides is 1. The van der Waals surface area contributed by atoms with Crippen LogP contribution in [0.1, 0.15) is 26.7 Å². The molecule has 2 rings (SSSR count). The molecule has 20 heavy (non-hydrogen) atoms. The zero-order valence-electron chi connectivity index (χ0n) is 11.8. The van der Waals surface area contributed by atoms with Crippen LogP contribution in [0.3, 0.4) is 0 Å². The Morgan fingerprint density at radius 2 is 1.85 bits per heavy atom. The third-order valence-electron chi connectivity index (χ3n) is 4.31. The van der Waals surface area contributed by atoms with Crippen molar-refractivity contribution >= 4 is 21.7 Å². The highest BCUT2D eigenvalue weighted by molar-refractivity contribution is 7.92. The van der Waals surface area contributed by atoms with Gasteiger partial charge in [-0.3, -0.25) is 9.59 Å². The number of carbonyl (C=O) groups is 2. The minimum atomic E-state index is -3.43. The number of carboxylic acid groups (broad SMARTS) is 1. The number of hydrogen-bond acceptors (Lipinski definition) is 4. The van der Waals surface area contributed by atoms with Crippen LogP contribution in [0.2, 0.25) is 0 Å². The lowest BCUT2D eigenvalue weighted by atomic mass is 9.92. The van der Waals surface area contributed by atoms with Gasteiger partial charge in [-0.15, -0.1) is 0 Å². The molecule has 2 aliphatic rings. The summed E-state index contributed by atoms with van der Waals surface area (Å²) in [7, 11) is -3.43. The highest BCUT2D eigenvalue weighted by Gasteiger charge is 2.47. The molecule has 1 aliphatic heterocycles. The lowest BCUT2D eigenvalue weighted by Crippen LogP contribution is -2.36. The van der Waals surface area contributed by atoms with Crippen molar-refractivity contribution in [3.63, 3.8) is 0 Å². The maximum Gasteiger partial charge on any atom is 0.308 e. The zero-order valence-corrected chi connectivity index (χ0v) is 12.6. The first-order valence-electron chi connectivity index (χ1n) is 6.94. The van der Waals surface area contributed by atoms with E-state index < -0.39 is 38.6 Å². The van der Waals surface area contributed by atoms with E-state index in [0.29, 0.717) is 12.5 Å². The van der Waals surface area contributed by atoms with Gasteiger partial charge in [0.25, 0.3) is 0 Å². The number of nitrogens with zero attached hydrogens (tertiary/aromatic N) is 1. The summed E-state index contributed by atoms with van der Waals surface area (Å²) in [5.74, 6) is -2.05. The fourth-order valence-electron chi connectivity index (χ4n) is 2.73. The van der Waals surface area contributed by atoms with Crippen LogP contribution in [-0.2, 0) is 19.4 Å². The van der Waals surface area contributed by atoms with Crippen molar-refractivity contribution in [3.8, 4) is 0 Å². The summed E-state index contributed by atoms with van der Waals surface area (Å²) in [5, 5.41) is 8.63. The predicted octanol–water partition coefficient (Wildman–Crippen LogP) is 0.379. The number of aliphatic carboxylic acids is 1. The molecule has 2 atom stereocenters. The first-order valence-corrected chi connectivity index (χ1v) is 8.66. The zero-order chi connectivity index (χ0) is 15.1. The molecule has 1 heterocycles. The van der Waals surface area contributed by atoms with E-state index in [1.807, 2.05) is 0 Å². The van der Waals surface area contributed by atoms with Crippen LogP contribution in [0.25, 0.3) is 0 Å². The molecule has 1 N–H and O–H groups in total. The Bertz CT molecular complexity index is 509. The normalized spacial score (nSPS) is 27.1. The monoisotopic (exact) mass is 303 g/mol. The van der Waals surface area contributed by atoms with Crippen LogP contribution in [0, 0.1) is 17.8 Å². The molecule has 1 amide bonds. The molecular weight excluding hydrogens is 282 g/mol. The van der Waals surface area contributed by atoms with E-state index in [2.05, 4.69) is 0 Å². The predicted molar refractivity (Wildman–Crippen MR) is 72.8 cm³/mol. The molecule has 1 aliphatic carbocycles. The maximum absolute atomic E-state index is 12.1. The van der Waals surface area contributed by atoms with Gasteiger partial charge >= 0.3 is 5.97 Å². The first kappa shape index (κ1) is 15.3. The van der Waals surface area contributed by atoms with Crippen molar-refractivity contribution in [2.24, 2.45) is 17.8 Å². The van der Waals surface area contributed by atoms with Gasteiger partial charge in [0.15, 0.2) is 9.84 Å². The summed E-state index contributed by atoms with van der Waals surface area (Å²) in [6, 6.07) is 0. The van der Waals surface area contributed by atoms with E-state index in [4.69, 9.17) is 0 Å². The second-order valence-electron chi connectivity index (χ2n) is 6.10. The van der Waals surface area contributed by atoms with Gasteiger partial charge in [0, 0.05) is 13.1 Å². The minimum Gasteiger partial charge on any atom is -0.481 e. The Morgan fingerprint density at radius 1 is 1.25 bits per heavy atom. The topological polar surface area (TPSA) is 91.8 Å². The van der Waals surface area contributed by atoms with Crippen molar-refractivity contribution in [1.82, 2.24) is 4.90 Å². The van der Waals surface area contributed by atoms with Crippen LogP contribution in [0.4, 0.5) is 0 Å². The van der Waals surface area contributed by atoms with E-state index in [9.17, 15) is 23.1 Å². The number of carboxylic acids is 1. The molecule has 0 aromatic rings. The number of sulfone groups is 1. The van der Waals surface area contributed by atoms with Crippen LogP contribution in [0.5, 0.6) is 0 Å². The molecule has 7 heteroatoms. The Kier molecular flexibility index (Phi) is 4.09. The van der Waals surface area contributed by atoms with E-state index in [0.717, 1.165) is 12.8 Å². The van der Waals surface area contributed by atoms with Crippen LogP contribution >= 0.6 is 0 Å². The largest absolute Gasteiger partial charge is 0.481 e. The standard InChI is InChI=1S/C13H21NO5S/c1-8(2)20(18,19)7-12(15)14-5-10(9-3-4-9)11(6-14)13(16)17/h8-11H,3-7H2,1-2H3,(H,16,17)/t10-,11+/m1/s1. The van der Waals surface area contributed by atoms with Crippen molar-refractivity contribution in [2.75, 3.05) is 18.8 Å². The molecule has 0 radical (unpaired) electrons. The van der Waals surface area contributed by atoms with Gasteiger partial charge in [-0.2, -0.15) is 0 Å². The lowest BCUT2D eigenvalue weighted by Gasteiger charge is -2.17. The fourth-order valence-corrected chi connectivity index (χ4v) is 3.59. The molecular formula is C13H21NO5S. The maximum atomic E-state index is 12.1. The number of likely N-dealkylation sites (tertiary alicyclic amines) is 1. The van der Waals surface area contributed by atoms with Crippen molar-refractivity contribution in [3.05, 3.63) is 0 Å². The van der Waals surface area contributed by atoms with Gasteiger partial charge in [0.05, 0.1) is 11.2 Å². The highest BCUT2D eigenvalue weighted by Crippen LogP contribution is 2.44. The SMILES string of the molecule is CC(C)S(=O)(=O)CC(=O)N1C[C@H](C(=O)O)[C@@H](C2CC2)C1. The summed E-state index contributed by atoms with van der Waals surface area (Å²) in [6.07, 6.45) is 2.03. The van der Waals surface area contributed by atoms with Crippen LogP contribution in [0.15, 0.2) is 0 Å². The summed E-state index contributed by atoms with van der Waals surface area (Å²) in [5.41, 5.74) is 0. The molecule has 0 unspecified atom stereocenters. The highest BCUT2D eigenvalue weighted by atomic mass is 32.2. The van der Waals surface area contributed by atoms with Crippen LogP contribution < -0.4 is 0 Å². The average molecular weight is 303 g/mol. The molecule has 1 saturated carbocycles. The Hall–Kier alpha value is -1.11. The minimum absolute atomic E-state index is 0.0156.